The first-order valence-electron chi connectivity index (χ1n) is 6.32. The third-order valence-electron chi connectivity index (χ3n) is 3.78. The molecule has 94 valence electrons. The number of aromatic amines is 2. The molecule has 0 bridgehead atoms. The molecule has 1 aliphatic rings. The van der Waals surface area contributed by atoms with Crippen molar-refractivity contribution in [2.24, 2.45) is 0 Å². The second kappa shape index (κ2) is 4.14. The smallest absolute Gasteiger partial charge is 0.312 e. The quantitative estimate of drug-likeness (QED) is 0.755. The van der Waals surface area contributed by atoms with Gasteiger partial charge in [0.1, 0.15) is 0 Å². The fourth-order valence-electron chi connectivity index (χ4n) is 2.80. The maximum atomic E-state index is 11.2. The summed E-state index contributed by atoms with van der Waals surface area (Å²) in [5.41, 5.74) is 3.03. The summed E-state index contributed by atoms with van der Waals surface area (Å²) in [5, 5.41) is 3.56. The molecule has 0 radical (unpaired) electrons. The lowest BCUT2D eigenvalue weighted by atomic mass is 9.86. The van der Waals surface area contributed by atoms with E-state index in [1.165, 1.54) is 12.0 Å². The van der Waals surface area contributed by atoms with Gasteiger partial charge < -0.3 is 15.3 Å². The Bertz CT molecular complexity index is 605. The van der Waals surface area contributed by atoms with E-state index in [0.717, 1.165) is 24.2 Å². The summed E-state index contributed by atoms with van der Waals surface area (Å²) < 4.78 is 0. The van der Waals surface area contributed by atoms with Crippen molar-refractivity contribution in [1.82, 2.24) is 15.3 Å². The maximum Gasteiger partial charge on any atom is 0.323 e. The van der Waals surface area contributed by atoms with Gasteiger partial charge in [-0.3, -0.25) is 0 Å². The molecule has 3 N–H and O–H groups in total. The maximum absolute atomic E-state index is 11.2. The summed E-state index contributed by atoms with van der Waals surface area (Å²) in [5.74, 6) is 0. The second-order valence-corrected chi connectivity index (χ2v) is 5.06. The van der Waals surface area contributed by atoms with Crippen molar-refractivity contribution >= 4 is 0 Å². The number of benzene rings is 1. The minimum atomic E-state index is -0.163. The third kappa shape index (κ3) is 1.78. The summed E-state index contributed by atoms with van der Waals surface area (Å²) in [7, 11) is 0. The SMILES string of the molecule is CC1(c2ccccc2-c2c[nH]c(=O)[nH]2)CCCN1. The van der Waals surface area contributed by atoms with Gasteiger partial charge in [-0.2, -0.15) is 0 Å². The van der Waals surface area contributed by atoms with Gasteiger partial charge in [-0.25, -0.2) is 4.79 Å². The number of H-pyrrole nitrogens is 2. The predicted molar refractivity (Wildman–Crippen MR) is 71.4 cm³/mol. The molecule has 18 heavy (non-hydrogen) atoms. The van der Waals surface area contributed by atoms with E-state index in [9.17, 15) is 4.79 Å². The Morgan fingerprint density at radius 3 is 2.78 bits per heavy atom. The largest absolute Gasteiger partial charge is 0.323 e. The van der Waals surface area contributed by atoms with Gasteiger partial charge in [0.2, 0.25) is 0 Å². The Morgan fingerprint density at radius 1 is 1.28 bits per heavy atom. The van der Waals surface area contributed by atoms with Crippen molar-refractivity contribution in [3.8, 4) is 11.3 Å². The van der Waals surface area contributed by atoms with E-state index in [1.807, 2.05) is 6.07 Å². The highest BCUT2D eigenvalue weighted by Crippen LogP contribution is 2.35. The first-order valence-corrected chi connectivity index (χ1v) is 6.32. The lowest BCUT2D eigenvalue weighted by Crippen LogP contribution is -2.33. The number of hydrogen-bond donors (Lipinski definition) is 3. The van der Waals surface area contributed by atoms with Crippen LogP contribution in [0.5, 0.6) is 0 Å². The van der Waals surface area contributed by atoms with Gasteiger partial charge in [0.25, 0.3) is 0 Å². The summed E-state index contributed by atoms with van der Waals surface area (Å²) in [6.45, 7) is 3.28. The van der Waals surface area contributed by atoms with Crippen LogP contribution in [0.15, 0.2) is 35.3 Å². The predicted octanol–water partition coefficient (Wildman–Crippen LogP) is 1.97. The Balaban J connectivity index is 2.13. The number of imidazole rings is 1. The molecule has 4 heteroatoms. The van der Waals surface area contributed by atoms with Crippen LogP contribution in [0.3, 0.4) is 0 Å². The highest BCUT2D eigenvalue weighted by Gasteiger charge is 2.32. The van der Waals surface area contributed by atoms with Crippen LogP contribution in [0, 0.1) is 0 Å². The Labute approximate surface area is 105 Å². The van der Waals surface area contributed by atoms with E-state index in [0.29, 0.717) is 0 Å². The highest BCUT2D eigenvalue weighted by atomic mass is 16.1. The summed E-state index contributed by atoms with van der Waals surface area (Å²) in [6.07, 6.45) is 4.05. The van der Waals surface area contributed by atoms with E-state index in [4.69, 9.17) is 0 Å². The van der Waals surface area contributed by atoms with Crippen molar-refractivity contribution in [2.45, 2.75) is 25.3 Å². The van der Waals surface area contributed by atoms with Crippen molar-refractivity contribution in [2.75, 3.05) is 6.54 Å². The molecule has 0 saturated carbocycles. The van der Waals surface area contributed by atoms with Gasteiger partial charge in [-0.1, -0.05) is 24.3 Å². The summed E-state index contributed by atoms with van der Waals surface area (Å²) >= 11 is 0. The molecule has 1 fully saturated rings. The standard InChI is InChI=1S/C14H17N3O/c1-14(7-4-8-16-14)11-6-3-2-5-10(11)12-9-15-13(18)17-12/h2-3,5-6,9,16H,4,7-8H2,1H3,(H2,15,17,18). The first kappa shape index (κ1) is 11.3. The zero-order valence-corrected chi connectivity index (χ0v) is 10.4. The van der Waals surface area contributed by atoms with E-state index < -0.39 is 0 Å². The molecular formula is C14H17N3O. The van der Waals surface area contributed by atoms with E-state index in [1.54, 1.807) is 6.20 Å². The molecule has 0 amide bonds. The average molecular weight is 243 g/mol. The molecule has 3 rings (SSSR count). The van der Waals surface area contributed by atoms with E-state index >= 15 is 0 Å². The van der Waals surface area contributed by atoms with Gasteiger partial charge in [0.15, 0.2) is 0 Å². The Hall–Kier alpha value is -1.81. The van der Waals surface area contributed by atoms with Crippen molar-refractivity contribution < 1.29 is 0 Å². The van der Waals surface area contributed by atoms with Crippen LogP contribution in [0.25, 0.3) is 11.3 Å². The number of hydrogen-bond acceptors (Lipinski definition) is 2. The Morgan fingerprint density at radius 2 is 2.11 bits per heavy atom. The fourth-order valence-corrected chi connectivity index (χ4v) is 2.80. The topological polar surface area (TPSA) is 60.7 Å². The molecule has 1 unspecified atom stereocenters. The Kier molecular flexibility index (Phi) is 2.59. The molecule has 1 saturated heterocycles. The van der Waals surface area contributed by atoms with Crippen LogP contribution in [0.1, 0.15) is 25.3 Å². The van der Waals surface area contributed by atoms with Gasteiger partial charge in [-0.15, -0.1) is 0 Å². The number of aromatic nitrogens is 2. The monoisotopic (exact) mass is 243 g/mol. The van der Waals surface area contributed by atoms with Crippen molar-refractivity contribution in [3.05, 3.63) is 46.5 Å². The zero-order chi connectivity index (χ0) is 12.6. The highest BCUT2D eigenvalue weighted by molar-refractivity contribution is 5.64. The van der Waals surface area contributed by atoms with Crippen LogP contribution < -0.4 is 11.0 Å². The third-order valence-corrected chi connectivity index (χ3v) is 3.78. The van der Waals surface area contributed by atoms with Crippen LogP contribution in [0.4, 0.5) is 0 Å². The van der Waals surface area contributed by atoms with E-state index in [2.05, 4.69) is 40.4 Å². The van der Waals surface area contributed by atoms with E-state index in [-0.39, 0.29) is 11.2 Å². The van der Waals surface area contributed by atoms with Crippen LogP contribution in [-0.2, 0) is 5.54 Å². The molecular weight excluding hydrogens is 226 g/mol. The number of nitrogens with one attached hydrogen (secondary N) is 3. The van der Waals surface area contributed by atoms with Crippen LogP contribution in [-0.4, -0.2) is 16.5 Å². The molecule has 0 spiro atoms. The number of rotatable bonds is 2. The fraction of sp³-hybridized carbons (Fsp3) is 0.357. The molecule has 1 aliphatic heterocycles. The summed E-state index contributed by atoms with van der Waals surface area (Å²) in [6, 6.07) is 8.25. The molecule has 2 aromatic rings. The molecule has 1 atom stereocenters. The minimum Gasteiger partial charge on any atom is -0.312 e. The molecule has 0 aliphatic carbocycles. The van der Waals surface area contributed by atoms with Gasteiger partial charge in [0.05, 0.1) is 5.69 Å². The normalized spacial score (nSPS) is 23.4. The lowest BCUT2D eigenvalue weighted by molar-refractivity contribution is 0.436. The van der Waals surface area contributed by atoms with Gasteiger partial charge >= 0.3 is 5.69 Å². The first-order chi connectivity index (χ1) is 8.69. The van der Waals surface area contributed by atoms with Gasteiger partial charge in [0, 0.05) is 17.3 Å². The average Bonchev–Trinajstić information content (AvgIpc) is 2.99. The molecule has 2 heterocycles. The van der Waals surface area contributed by atoms with Crippen molar-refractivity contribution in [3.63, 3.8) is 0 Å². The van der Waals surface area contributed by atoms with Gasteiger partial charge in [-0.05, 0) is 31.9 Å². The van der Waals surface area contributed by atoms with Crippen LogP contribution >= 0.6 is 0 Å². The zero-order valence-electron chi connectivity index (χ0n) is 10.4. The molecule has 1 aromatic heterocycles. The van der Waals surface area contributed by atoms with Crippen molar-refractivity contribution in [1.29, 1.82) is 0 Å². The second-order valence-electron chi connectivity index (χ2n) is 5.06. The summed E-state index contributed by atoms with van der Waals surface area (Å²) in [4.78, 5) is 16.7. The lowest BCUT2D eigenvalue weighted by Gasteiger charge is -2.27. The van der Waals surface area contributed by atoms with Crippen LogP contribution in [0.2, 0.25) is 0 Å². The molecule has 1 aromatic carbocycles. The molecule has 4 nitrogen and oxygen atoms in total. The minimum absolute atomic E-state index is 0.00471.